The summed E-state index contributed by atoms with van der Waals surface area (Å²) >= 11 is 6.06. The van der Waals surface area contributed by atoms with Gasteiger partial charge in [0.05, 0.1) is 6.04 Å². The van der Waals surface area contributed by atoms with Crippen LogP contribution in [0.25, 0.3) is 0 Å². The third-order valence-corrected chi connectivity index (χ3v) is 4.70. The van der Waals surface area contributed by atoms with Crippen molar-refractivity contribution in [1.82, 2.24) is 9.80 Å². The Morgan fingerprint density at radius 1 is 1.23 bits per heavy atom. The first-order valence-electron chi connectivity index (χ1n) is 8.10. The van der Waals surface area contributed by atoms with Crippen LogP contribution in [0, 0.1) is 0 Å². The molecule has 4 nitrogen and oxygen atoms in total. The minimum Gasteiger partial charge on any atom is -0.369 e. The van der Waals surface area contributed by atoms with Gasteiger partial charge in [-0.25, -0.2) is 0 Å². The Morgan fingerprint density at radius 3 is 2.41 bits per heavy atom. The van der Waals surface area contributed by atoms with Gasteiger partial charge in [-0.05, 0) is 39.0 Å². The zero-order chi connectivity index (χ0) is 16.1. The van der Waals surface area contributed by atoms with Gasteiger partial charge in [0, 0.05) is 50.0 Å². The molecule has 0 N–H and O–H groups in total. The number of carbonyl (C=O) groups excluding carboxylic acids is 1. The highest BCUT2D eigenvalue weighted by atomic mass is 35.5. The highest BCUT2D eigenvalue weighted by Gasteiger charge is 2.27. The molecule has 0 aromatic heterocycles. The van der Waals surface area contributed by atoms with Crippen LogP contribution in [0.4, 0.5) is 5.69 Å². The predicted molar refractivity (Wildman–Crippen MR) is 92.6 cm³/mol. The van der Waals surface area contributed by atoms with E-state index in [0.717, 1.165) is 50.0 Å². The molecule has 0 aliphatic carbocycles. The second-order valence-electron chi connectivity index (χ2n) is 5.69. The van der Waals surface area contributed by atoms with E-state index in [1.54, 1.807) is 0 Å². The molecule has 1 aliphatic heterocycles. The molecule has 1 unspecified atom stereocenters. The summed E-state index contributed by atoms with van der Waals surface area (Å²) in [6.45, 7) is 11.3. The number of nitrogens with zero attached hydrogens (tertiary/aromatic N) is 3. The second kappa shape index (κ2) is 7.84. The fourth-order valence-corrected chi connectivity index (χ4v) is 3.18. The number of hydrogen-bond donors (Lipinski definition) is 0. The van der Waals surface area contributed by atoms with Crippen LogP contribution >= 0.6 is 11.6 Å². The number of anilines is 1. The number of rotatable bonds is 5. The van der Waals surface area contributed by atoms with Crippen LogP contribution in [0.3, 0.4) is 0 Å². The molecule has 1 aromatic carbocycles. The number of hydrogen-bond acceptors (Lipinski definition) is 3. The lowest BCUT2D eigenvalue weighted by Crippen LogP contribution is -2.54. The van der Waals surface area contributed by atoms with Crippen LogP contribution < -0.4 is 4.90 Å². The molecule has 1 heterocycles. The van der Waals surface area contributed by atoms with E-state index in [0.29, 0.717) is 0 Å². The van der Waals surface area contributed by atoms with Crippen molar-refractivity contribution in [3.63, 3.8) is 0 Å². The lowest BCUT2D eigenvalue weighted by Gasteiger charge is -2.39. The lowest BCUT2D eigenvalue weighted by atomic mass is 10.2. The van der Waals surface area contributed by atoms with Crippen molar-refractivity contribution in [3.05, 3.63) is 29.3 Å². The molecule has 22 heavy (non-hydrogen) atoms. The standard InChI is InChI=1S/C17H26ClN3O/c1-4-19(5-2)17(22)14(3)20-9-11-21(12-10-20)16-8-6-7-15(18)13-16/h6-8,13-14H,4-5,9-12H2,1-3H3. The van der Waals surface area contributed by atoms with Gasteiger partial charge in [-0.1, -0.05) is 17.7 Å². The molecule has 1 aromatic rings. The summed E-state index contributed by atoms with van der Waals surface area (Å²) in [6.07, 6.45) is 0. The average Bonchev–Trinajstić information content (AvgIpc) is 2.55. The van der Waals surface area contributed by atoms with Crippen LogP contribution in [0.2, 0.25) is 5.02 Å². The highest BCUT2D eigenvalue weighted by molar-refractivity contribution is 6.30. The van der Waals surface area contributed by atoms with Gasteiger partial charge in [0.1, 0.15) is 0 Å². The SMILES string of the molecule is CCN(CC)C(=O)C(C)N1CCN(c2cccc(Cl)c2)CC1. The summed E-state index contributed by atoms with van der Waals surface area (Å²) in [7, 11) is 0. The molecular formula is C17H26ClN3O. The van der Waals surface area contributed by atoms with E-state index < -0.39 is 0 Å². The first-order valence-corrected chi connectivity index (χ1v) is 8.48. The van der Waals surface area contributed by atoms with Crippen molar-refractivity contribution in [2.75, 3.05) is 44.2 Å². The smallest absolute Gasteiger partial charge is 0.239 e. The van der Waals surface area contributed by atoms with Gasteiger partial charge in [-0.15, -0.1) is 0 Å². The average molecular weight is 324 g/mol. The van der Waals surface area contributed by atoms with Gasteiger partial charge in [0.2, 0.25) is 5.91 Å². The van der Waals surface area contributed by atoms with Crippen LogP contribution in [0.5, 0.6) is 0 Å². The second-order valence-corrected chi connectivity index (χ2v) is 6.13. The minimum absolute atomic E-state index is 0.0404. The Kier molecular flexibility index (Phi) is 6.09. The Bertz CT molecular complexity index is 496. The molecular weight excluding hydrogens is 298 g/mol. The Labute approximate surface area is 138 Å². The normalized spacial score (nSPS) is 17.4. The number of piperazine rings is 1. The topological polar surface area (TPSA) is 26.8 Å². The Balaban J connectivity index is 1.93. The monoisotopic (exact) mass is 323 g/mol. The number of halogens is 1. The third kappa shape index (κ3) is 3.93. The zero-order valence-electron chi connectivity index (χ0n) is 13.8. The van der Waals surface area contributed by atoms with Crippen molar-refractivity contribution < 1.29 is 4.79 Å². The van der Waals surface area contributed by atoms with Crippen molar-refractivity contribution in [2.45, 2.75) is 26.8 Å². The van der Waals surface area contributed by atoms with E-state index in [9.17, 15) is 4.79 Å². The summed E-state index contributed by atoms with van der Waals surface area (Å²) in [5.74, 6) is 0.237. The predicted octanol–water partition coefficient (Wildman–Crippen LogP) is 2.72. The molecule has 1 atom stereocenters. The molecule has 0 radical (unpaired) electrons. The maximum Gasteiger partial charge on any atom is 0.239 e. The molecule has 5 heteroatoms. The molecule has 0 bridgehead atoms. The van der Waals surface area contributed by atoms with E-state index in [1.807, 2.05) is 43.9 Å². The van der Waals surface area contributed by atoms with Crippen LogP contribution in [-0.2, 0) is 4.79 Å². The van der Waals surface area contributed by atoms with E-state index in [-0.39, 0.29) is 11.9 Å². The van der Waals surface area contributed by atoms with Crippen LogP contribution in [0.1, 0.15) is 20.8 Å². The largest absolute Gasteiger partial charge is 0.369 e. The summed E-state index contributed by atoms with van der Waals surface area (Å²) < 4.78 is 0. The molecule has 0 saturated carbocycles. The fraction of sp³-hybridized carbons (Fsp3) is 0.588. The van der Waals surface area contributed by atoms with Gasteiger partial charge in [-0.3, -0.25) is 9.69 Å². The first-order chi connectivity index (χ1) is 10.6. The molecule has 1 amide bonds. The van der Waals surface area contributed by atoms with Crippen molar-refractivity contribution in [3.8, 4) is 0 Å². The molecule has 1 fully saturated rings. The van der Waals surface area contributed by atoms with E-state index in [2.05, 4.69) is 15.9 Å². The maximum atomic E-state index is 12.5. The number of amides is 1. The number of benzene rings is 1. The Hall–Kier alpha value is -1.26. The zero-order valence-corrected chi connectivity index (χ0v) is 14.5. The van der Waals surface area contributed by atoms with Gasteiger partial charge in [0.25, 0.3) is 0 Å². The summed E-state index contributed by atoms with van der Waals surface area (Å²) in [5.41, 5.74) is 1.16. The molecule has 0 spiro atoms. The molecule has 1 saturated heterocycles. The fourth-order valence-electron chi connectivity index (χ4n) is 3.00. The van der Waals surface area contributed by atoms with E-state index in [4.69, 9.17) is 11.6 Å². The number of likely N-dealkylation sites (N-methyl/N-ethyl adjacent to an activating group) is 1. The van der Waals surface area contributed by atoms with E-state index >= 15 is 0 Å². The quantitative estimate of drug-likeness (QED) is 0.833. The highest BCUT2D eigenvalue weighted by Crippen LogP contribution is 2.21. The molecule has 1 aliphatic rings. The minimum atomic E-state index is -0.0404. The van der Waals surface area contributed by atoms with Gasteiger partial charge < -0.3 is 9.80 Å². The van der Waals surface area contributed by atoms with Gasteiger partial charge >= 0.3 is 0 Å². The van der Waals surface area contributed by atoms with Gasteiger partial charge in [0.15, 0.2) is 0 Å². The first kappa shape index (κ1) is 17.1. The number of carbonyl (C=O) groups is 1. The van der Waals surface area contributed by atoms with Crippen LogP contribution in [-0.4, -0.2) is 61.0 Å². The summed E-state index contributed by atoms with van der Waals surface area (Å²) in [6, 6.07) is 7.93. The Morgan fingerprint density at radius 2 is 1.86 bits per heavy atom. The maximum absolute atomic E-state index is 12.5. The molecule has 122 valence electrons. The van der Waals surface area contributed by atoms with Crippen LogP contribution in [0.15, 0.2) is 24.3 Å². The van der Waals surface area contributed by atoms with E-state index in [1.165, 1.54) is 0 Å². The molecule has 2 rings (SSSR count). The van der Waals surface area contributed by atoms with Crippen molar-refractivity contribution in [1.29, 1.82) is 0 Å². The summed E-state index contributed by atoms with van der Waals surface area (Å²) in [5, 5.41) is 0.769. The van der Waals surface area contributed by atoms with Crippen molar-refractivity contribution in [2.24, 2.45) is 0 Å². The lowest BCUT2D eigenvalue weighted by molar-refractivity contribution is -0.136. The van der Waals surface area contributed by atoms with Gasteiger partial charge in [-0.2, -0.15) is 0 Å². The third-order valence-electron chi connectivity index (χ3n) is 4.47. The summed E-state index contributed by atoms with van der Waals surface area (Å²) in [4.78, 5) is 19.0. The van der Waals surface area contributed by atoms with Crippen molar-refractivity contribution >= 4 is 23.2 Å².